The van der Waals surface area contributed by atoms with E-state index in [2.05, 4.69) is 29.8 Å². The average Bonchev–Trinajstić information content (AvgIpc) is 2.07. The molecule has 4 nitrogen and oxygen atoms in total. The standard InChI is InChI=1S/C4H7NO2.C4H6O/c1-2-4(7)5-3-6;1-3-5-4-2/h2,6H,1,3H2,(H,5,7);3-4H,1-2H2. The third kappa shape index (κ3) is 15.8. The normalized spacial score (nSPS) is 6.75. The summed E-state index contributed by atoms with van der Waals surface area (Å²) in [7, 11) is 0. The monoisotopic (exact) mass is 171 g/mol. The van der Waals surface area contributed by atoms with Crippen LogP contribution >= 0.6 is 0 Å². The lowest BCUT2D eigenvalue weighted by Crippen LogP contribution is -2.20. The maximum absolute atomic E-state index is 10.0. The minimum atomic E-state index is -0.359. The first kappa shape index (κ1) is 13.1. The fourth-order valence-corrected chi connectivity index (χ4v) is 0.218. The molecule has 0 aromatic rings. The lowest BCUT2D eigenvalue weighted by molar-refractivity contribution is -0.117. The van der Waals surface area contributed by atoms with Gasteiger partial charge in [0.05, 0.1) is 12.5 Å². The molecular weight excluding hydrogens is 158 g/mol. The summed E-state index contributed by atoms with van der Waals surface area (Å²) in [6.07, 6.45) is 3.72. The van der Waals surface area contributed by atoms with Gasteiger partial charge < -0.3 is 15.2 Å². The van der Waals surface area contributed by atoms with Gasteiger partial charge in [-0.1, -0.05) is 19.7 Å². The van der Waals surface area contributed by atoms with Crippen LogP contribution in [0.15, 0.2) is 38.3 Å². The van der Waals surface area contributed by atoms with Crippen molar-refractivity contribution in [2.75, 3.05) is 6.73 Å². The Labute approximate surface area is 71.9 Å². The number of aliphatic hydroxyl groups excluding tert-OH is 1. The minimum Gasteiger partial charge on any atom is -0.474 e. The predicted molar refractivity (Wildman–Crippen MR) is 46.9 cm³/mol. The Bertz CT molecular complexity index is 148. The highest BCUT2D eigenvalue weighted by atomic mass is 16.5. The number of rotatable bonds is 4. The molecule has 0 aliphatic carbocycles. The third-order valence-electron chi connectivity index (χ3n) is 0.631. The van der Waals surface area contributed by atoms with E-state index in [1.165, 1.54) is 12.5 Å². The van der Waals surface area contributed by atoms with Gasteiger partial charge in [0.2, 0.25) is 5.91 Å². The van der Waals surface area contributed by atoms with Crippen LogP contribution in [0.5, 0.6) is 0 Å². The smallest absolute Gasteiger partial charge is 0.245 e. The number of carbonyl (C=O) groups excluding carboxylic acids is 1. The van der Waals surface area contributed by atoms with E-state index < -0.39 is 0 Å². The summed E-state index contributed by atoms with van der Waals surface area (Å²) in [4.78, 5) is 10.0. The Hall–Kier alpha value is -1.55. The largest absolute Gasteiger partial charge is 0.474 e. The van der Waals surface area contributed by atoms with Crippen LogP contribution in [0.25, 0.3) is 0 Å². The average molecular weight is 171 g/mol. The molecule has 0 rings (SSSR count). The lowest BCUT2D eigenvalue weighted by atomic mass is 10.6. The van der Waals surface area contributed by atoms with Crippen molar-refractivity contribution < 1.29 is 14.6 Å². The molecule has 0 aromatic carbocycles. The van der Waals surface area contributed by atoms with E-state index in [1.54, 1.807) is 0 Å². The number of hydrogen-bond donors (Lipinski definition) is 2. The molecule has 12 heavy (non-hydrogen) atoms. The first-order valence-electron chi connectivity index (χ1n) is 3.11. The molecule has 68 valence electrons. The zero-order valence-electron chi connectivity index (χ0n) is 6.82. The van der Waals surface area contributed by atoms with Crippen molar-refractivity contribution in [1.82, 2.24) is 5.32 Å². The van der Waals surface area contributed by atoms with Crippen molar-refractivity contribution in [1.29, 1.82) is 0 Å². The van der Waals surface area contributed by atoms with Crippen molar-refractivity contribution in [3.63, 3.8) is 0 Å². The van der Waals surface area contributed by atoms with Gasteiger partial charge in [0.1, 0.15) is 6.73 Å². The van der Waals surface area contributed by atoms with Crippen molar-refractivity contribution in [3.8, 4) is 0 Å². The van der Waals surface area contributed by atoms with E-state index in [0.717, 1.165) is 6.08 Å². The summed E-state index contributed by atoms with van der Waals surface area (Å²) in [5.41, 5.74) is 0. The summed E-state index contributed by atoms with van der Waals surface area (Å²) in [5.74, 6) is -0.359. The van der Waals surface area contributed by atoms with E-state index in [0.29, 0.717) is 0 Å². The molecule has 0 aliphatic rings. The first-order chi connectivity index (χ1) is 5.72. The maximum Gasteiger partial charge on any atom is 0.245 e. The zero-order valence-corrected chi connectivity index (χ0v) is 6.82. The first-order valence-corrected chi connectivity index (χ1v) is 3.11. The molecule has 0 saturated carbocycles. The SMILES string of the molecule is C=CC(=O)NCO.C=COC=C. The molecule has 0 bridgehead atoms. The van der Waals surface area contributed by atoms with Gasteiger partial charge in [-0.05, 0) is 6.08 Å². The summed E-state index contributed by atoms with van der Waals surface area (Å²) < 4.78 is 4.36. The molecule has 0 aliphatic heterocycles. The number of aliphatic hydroxyl groups is 1. The molecule has 0 atom stereocenters. The summed E-state index contributed by atoms with van der Waals surface area (Å²) in [5, 5.41) is 10.1. The Balaban J connectivity index is 0. The fraction of sp³-hybridized carbons (Fsp3) is 0.125. The number of ether oxygens (including phenoxy) is 1. The molecule has 4 heteroatoms. The fourth-order valence-electron chi connectivity index (χ4n) is 0.218. The summed E-state index contributed by atoms with van der Waals surface area (Å²) in [6.45, 7) is 9.34. The number of amides is 1. The summed E-state index contributed by atoms with van der Waals surface area (Å²) >= 11 is 0. The van der Waals surface area contributed by atoms with E-state index >= 15 is 0 Å². The van der Waals surface area contributed by atoms with Gasteiger partial charge in [-0.25, -0.2) is 0 Å². The van der Waals surface area contributed by atoms with Crippen LogP contribution in [0.3, 0.4) is 0 Å². The van der Waals surface area contributed by atoms with Crippen LogP contribution in [0.4, 0.5) is 0 Å². The van der Waals surface area contributed by atoms with E-state index in [9.17, 15) is 4.79 Å². The molecule has 0 saturated heterocycles. The van der Waals surface area contributed by atoms with Crippen molar-refractivity contribution in [2.45, 2.75) is 0 Å². The number of hydrogen-bond acceptors (Lipinski definition) is 3. The Kier molecular flexibility index (Phi) is 13.2. The second-order valence-corrected chi connectivity index (χ2v) is 1.37. The van der Waals surface area contributed by atoms with Crippen molar-refractivity contribution >= 4 is 5.91 Å². The van der Waals surface area contributed by atoms with Crippen LogP contribution < -0.4 is 5.32 Å². The lowest BCUT2D eigenvalue weighted by Gasteiger charge is -1.89. The van der Waals surface area contributed by atoms with Gasteiger partial charge in [0, 0.05) is 0 Å². The molecule has 0 spiro atoms. The zero-order chi connectivity index (χ0) is 9.82. The second-order valence-electron chi connectivity index (χ2n) is 1.37. The van der Waals surface area contributed by atoms with Gasteiger partial charge in [0.25, 0.3) is 0 Å². The topological polar surface area (TPSA) is 58.6 Å². The Morgan fingerprint density at radius 2 is 1.92 bits per heavy atom. The molecule has 2 N–H and O–H groups in total. The van der Waals surface area contributed by atoms with Gasteiger partial charge in [-0.3, -0.25) is 4.79 Å². The van der Waals surface area contributed by atoms with Gasteiger partial charge in [-0.15, -0.1) is 0 Å². The molecule has 0 aromatic heterocycles. The van der Waals surface area contributed by atoms with Crippen LogP contribution in [0.1, 0.15) is 0 Å². The highest BCUT2D eigenvalue weighted by Gasteiger charge is 1.84. The van der Waals surface area contributed by atoms with Gasteiger partial charge in [-0.2, -0.15) is 0 Å². The number of carbonyl (C=O) groups is 1. The number of nitrogens with one attached hydrogen (secondary N) is 1. The molecular formula is C8H13NO3. The predicted octanol–water partition coefficient (Wildman–Crippen LogP) is 0.528. The van der Waals surface area contributed by atoms with Crippen LogP contribution in [0.2, 0.25) is 0 Å². The maximum atomic E-state index is 10.0. The summed E-state index contributed by atoms with van der Waals surface area (Å²) in [6, 6.07) is 0. The van der Waals surface area contributed by atoms with Crippen LogP contribution in [-0.4, -0.2) is 17.7 Å². The molecule has 1 amide bonds. The molecule has 0 heterocycles. The third-order valence-corrected chi connectivity index (χ3v) is 0.631. The van der Waals surface area contributed by atoms with Crippen molar-refractivity contribution in [3.05, 3.63) is 38.3 Å². The van der Waals surface area contributed by atoms with Gasteiger partial charge >= 0.3 is 0 Å². The van der Waals surface area contributed by atoms with Crippen LogP contribution in [-0.2, 0) is 9.53 Å². The quantitative estimate of drug-likeness (QED) is 0.368. The van der Waals surface area contributed by atoms with Crippen molar-refractivity contribution in [2.24, 2.45) is 0 Å². The highest BCUT2D eigenvalue weighted by Crippen LogP contribution is 1.65. The van der Waals surface area contributed by atoms with E-state index in [4.69, 9.17) is 5.11 Å². The van der Waals surface area contributed by atoms with Gasteiger partial charge in [0.15, 0.2) is 0 Å². The second kappa shape index (κ2) is 12.2. The minimum absolute atomic E-state index is 0.329. The Morgan fingerprint density at radius 3 is 2.00 bits per heavy atom. The Morgan fingerprint density at radius 1 is 1.42 bits per heavy atom. The van der Waals surface area contributed by atoms with E-state index in [1.807, 2.05) is 0 Å². The molecule has 0 unspecified atom stereocenters. The molecule has 0 fully saturated rings. The van der Waals surface area contributed by atoms with Crippen LogP contribution in [0, 0.1) is 0 Å². The highest BCUT2D eigenvalue weighted by molar-refractivity contribution is 5.86. The van der Waals surface area contributed by atoms with E-state index in [-0.39, 0.29) is 12.6 Å². The molecule has 0 radical (unpaired) electrons.